The van der Waals surface area contributed by atoms with Crippen LogP contribution in [0.1, 0.15) is 19.4 Å². The minimum Gasteiger partial charge on any atom is -0.377 e. The zero-order valence-electron chi connectivity index (χ0n) is 10.7. The van der Waals surface area contributed by atoms with E-state index in [9.17, 15) is 0 Å². The molecule has 0 aliphatic heterocycles. The lowest BCUT2D eigenvalue weighted by Gasteiger charge is -2.22. The van der Waals surface area contributed by atoms with E-state index in [1.165, 1.54) is 0 Å². The summed E-state index contributed by atoms with van der Waals surface area (Å²) in [5.41, 5.74) is 1.76. The van der Waals surface area contributed by atoms with Gasteiger partial charge in [0.1, 0.15) is 0 Å². The third kappa shape index (κ3) is 2.55. The molecule has 2 heterocycles. The minimum atomic E-state index is -0.230. The van der Waals surface area contributed by atoms with Gasteiger partial charge in [-0.25, -0.2) is 4.52 Å². The molecule has 0 radical (unpaired) electrons. The zero-order valence-corrected chi connectivity index (χ0v) is 10.7. The standard InChI is InChI=1S/C12H18N4O/c1-9-6-5-7-16-10(9)14-11(15-16)13-8-12(2,3)17-4/h5-7H,8H2,1-4H3,(H,13,15). The third-order valence-corrected chi connectivity index (χ3v) is 2.78. The predicted molar refractivity (Wildman–Crippen MR) is 67.3 cm³/mol. The van der Waals surface area contributed by atoms with Crippen LogP contribution in [0.25, 0.3) is 5.65 Å². The molecule has 0 aliphatic rings. The van der Waals surface area contributed by atoms with Crippen molar-refractivity contribution in [2.24, 2.45) is 0 Å². The van der Waals surface area contributed by atoms with Crippen LogP contribution in [0, 0.1) is 6.92 Å². The van der Waals surface area contributed by atoms with Crippen LogP contribution in [0.3, 0.4) is 0 Å². The van der Waals surface area contributed by atoms with Gasteiger partial charge in [-0.3, -0.25) is 0 Å². The van der Waals surface area contributed by atoms with Crippen molar-refractivity contribution >= 4 is 11.6 Å². The summed E-state index contributed by atoms with van der Waals surface area (Å²) in [6, 6.07) is 3.98. The van der Waals surface area contributed by atoms with Crippen LogP contribution in [-0.4, -0.2) is 33.9 Å². The Morgan fingerprint density at radius 3 is 2.88 bits per heavy atom. The molecule has 0 amide bonds. The average Bonchev–Trinajstić information content (AvgIpc) is 2.71. The van der Waals surface area contributed by atoms with Crippen molar-refractivity contribution in [1.82, 2.24) is 14.6 Å². The van der Waals surface area contributed by atoms with Crippen molar-refractivity contribution in [1.29, 1.82) is 0 Å². The maximum atomic E-state index is 5.33. The topological polar surface area (TPSA) is 51.5 Å². The number of hydrogen-bond acceptors (Lipinski definition) is 4. The number of aromatic nitrogens is 3. The Balaban J connectivity index is 2.18. The van der Waals surface area contributed by atoms with Crippen LogP contribution in [0.15, 0.2) is 18.3 Å². The summed E-state index contributed by atoms with van der Waals surface area (Å²) in [6.45, 7) is 6.72. The SMILES string of the molecule is COC(C)(C)CNc1nc2c(C)cccn2n1. The maximum Gasteiger partial charge on any atom is 0.243 e. The molecule has 0 aliphatic carbocycles. The molecule has 0 saturated heterocycles. The third-order valence-electron chi connectivity index (χ3n) is 2.78. The van der Waals surface area contributed by atoms with Crippen LogP contribution >= 0.6 is 0 Å². The lowest BCUT2D eigenvalue weighted by molar-refractivity contribution is 0.0342. The first-order valence-electron chi connectivity index (χ1n) is 5.63. The van der Waals surface area contributed by atoms with E-state index in [2.05, 4.69) is 15.4 Å². The molecule has 0 spiro atoms. The summed E-state index contributed by atoms with van der Waals surface area (Å²) in [5, 5.41) is 7.53. The van der Waals surface area contributed by atoms with E-state index in [0.29, 0.717) is 12.5 Å². The largest absolute Gasteiger partial charge is 0.377 e. The first kappa shape index (κ1) is 11.9. The summed E-state index contributed by atoms with van der Waals surface area (Å²) in [5.74, 6) is 0.629. The second-order valence-corrected chi connectivity index (χ2v) is 4.71. The van der Waals surface area contributed by atoms with Crippen LogP contribution in [0.5, 0.6) is 0 Å². The number of methoxy groups -OCH3 is 1. The minimum absolute atomic E-state index is 0.230. The van der Waals surface area contributed by atoms with Crippen molar-refractivity contribution in [2.45, 2.75) is 26.4 Å². The summed E-state index contributed by atoms with van der Waals surface area (Å²) in [6.07, 6.45) is 1.89. The Kier molecular flexibility index (Phi) is 3.02. The van der Waals surface area contributed by atoms with E-state index < -0.39 is 0 Å². The molecule has 0 fully saturated rings. The molecule has 5 nitrogen and oxygen atoms in total. The lowest BCUT2D eigenvalue weighted by Crippen LogP contribution is -2.32. The fraction of sp³-hybridized carbons (Fsp3) is 0.500. The number of anilines is 1. The first-order chi connectivity index (χ1) is 8.02. The second kappa shape index (κ2) is 4.33. The van der Waals surface area contributed by atoms with Gasteiger partial charge in [0.05, 0.1) is 5.60 Å². The Bertz CT molecular complexity index is 518. The van der Waals surface area contributed by atoms with Gasteiger partial charge >= 0.3 is 0 Å². The van der Waals surface area contributed by atoms with Crippen LogP contribution in [0.4, 0.5) is 5.95 Å². The molecule has 92 valence electrons. The van der Waals surface area contributed by atoms with Gasteiger partial charge in [-0.2, -0.15) is 4.98 Å². The van der Waals surface area contributed by atoms with Crippen molar-refractivity contribution in [3.8, 4) is 0 Å². The highest BCUT2D eigenvalue weighted by atomic mass is 16.5. The van der Waals surface area contributed by atoms with Gasteiger partial charge in [-0.15, -0.1) is 5.10 Å². The molecule has 1 N–H and O–H groups in total. The number of ether oxygens (including phenoxy) is 1. The molecule has 0 saturated carbocycles. The first-order valence-corrected chi connectivity index (χ1v) is 5.63. The molecule has 0 bridgehead atoms. The summed E-state index contributed by atoms with van der Waals surface area (Å²) >= 11 is 0. The molecule has 2 aromatic rings. The summed E-state index contributed by atoms with van der Waals surface area (Å²) in [4.78, 5) is 4.43. The van der Waals surface area contributed by atoms with Crippen LogP contribution < -0.4 is 5.32 Å². The second-order valence-electron chi connectivity index (χ2n) is 4.71. The quantitative estimate of drug-likeness (QED) is 0.877. The Labute approximate surface area is 101 Å². The van der Waals surface area contributed by atoms with Gasteiger partial charge in [0.25, 0.3) is 0 Å². The summed E-state index contributed by atoms with van der Waals surface area (Å²) < 4.78 is 7.11. The number of hydrogen-bond donors (Lipinski definition) is 1. The fourth-order valence-corrected chi connectivity index (χ4v) is 1.48. The number of nitrogens with one attached hydrogen (secondary N) is 1. The normalized spacial score (nSPS) is 12.0. The number of aryl methyl sites for hydroxylation is 1. The van der Waals surface area contributed by atoms with Gasteiger partial charge in [0, 0.05) is 19.9 Å². The molecule has 0 unspecified atom stereocenters. The van der Waals surface area contributed by atoms with Gasteiger partial charge in [0.2, 0.25) is 5.95 Å². The monoisotopic (exact) mass is 234 g/mol. The molecule has 2 rings (SSSR count). The zero-order chi connectivity index (χ0) is 12.5. The highest BCUT2D eigenvalue weighted by molar-refractivity contribution is 5.49. The van der Waals surface area contributed by atoms with E-state index >= 15 is 0 Å². The maximum absolute atomic E-state index is 5.33. The van der Waals surface area contributed by atoms with Crippen LogP contribution in [0.2, 0.25) is 0 Å². The lowest BCUT2D eigenvalue weighted by atomic mass is 10.1. The van der Waals surface area contributed by atoms with E-state index in [1.807, 2.05) is 39.1 Å². The molecule has 0 atom stereocenters. The highest BCUT2D eigenvalue weighted by Gasteiger charge is 2.16. The molecular weight excluding hydrogens is 216 g/mol. The molecule has 2 aromatic heterocycles. The smallest absolute Gasteiger partial charge is 0.243 e. The molecule has 17 heavy (non-hydrogen) atoms. The van der Waals surface area contributed by atoms with Crippen molar-refractivity contribution in [3.63, 3.8) is 0 Å². The van der Waals surface area contributed by atoms with Gasteiger partial charge in [-0.1, -0.05) is 6.07 Å². The Morgan fingerprint density at radius 1 is 1.47 bits per heavy atom. The Hall–Kier alpha value is -1.62. The van der Waals surface area contributed by atoms with E-state index in [0.717, 1.165) is 11.2 Å². The molecule has 0 aromatic carbocycles. The van der Waals surface area contributed by atoms with Gasteiger partial charge < -0.3 is 10.1 Å². The Morgan fingerprint density at radius 2 is 2.24 bits per heavy atom. The number of nitrogens with zero attached hydrogens (tertiary/aromatic N) is 3. The molecular formula is C12H18N4O. The highest BCUT2D eigenvalue weighted by Crippen LogP contribution is 2.12. The van der Waals surface area contributed by atoms with Crippen molar-refractivity contribution in [2.75, 3.05) is 19.0 Å². The number of fused-ring (bicyclic) bond motifs is 1. The van der Waals surface area contributed by atoms with Crippen molar-refractivity contribution < 1.29 is 4.74 Å². The predicted octanol–water partition coefficient (Wildman–Crippen LogP) is 1.87. The van der Waals surface area contributed by atoms with Crippen LogP contribution in [-0.2, 0) is 4.74 Å². The summed E-state index contributed by atoms with van der Waals surface area (Å²) in [7, 11) is 1.70. The fourth-order valence-electron chi connectivity index (χ4n) is 1.48. The average molecular weight is 234 g/mol. The molecule has 5 heteroatoms. The van der Waals surface area contributed by atoms with Crippen molar-refractivity contribution in [3.05, 3.63) is 23.9 Å². The van der Waals surface area contributed by atoms with Gasteiger partial charge in [0.15, 0.2) is 5.65 Å². The van der Waals surface area contributed by atoms with E-state index in [1.54, 1.807) is 11.6 Å². The van der Waals surface area contributed by atoms with E-state index in [4.69, 9.17) is 4.74 Å². The van der Waals surface area contributed by atoms with Gasteiger partial charge in [-0.05, 0) is 32.4 Å². The number of pyridine rings is 1. The number of rotatable bonds is 4. The van der Waals surface area contributed by atoms with E-state index in [-0.39, 0.29) is 5.60 Å².